The summed E-state index contributed by atoms with van der Waals surface area (Å²) in [5, 5.41) is 11.6. The van der Waals surface area contributed by atoms with Gasteiger partial charge in [-0.05, 0) is 21.0 Å². The number of oxime groups is 1. The lowest BCUT2D eigenvalue weighted by Crippen LogP contribution is -2.11. The minimum atomic E-state index is 0.236. The van der Waals surface area contributed by atoms with E-state index < -0.39 is 0 Å². The smallest absolute Gasteiger partial charge is 0.0596 e. The third kappa shape index (κ3) is 6.18. The third-order valence-corrected chi connectivity index (χ3v) is 1.80. The van der Waals surface area contributed by atoms with E-state index in [4.69, 9.17) is 5.21 Å². The van der Waals surface area contributed by atoms with Crippen molar-refractivity contribution in [1.82, 2.24) is 4.90 Å². The zero-order chi connectivity index (χ0) is 10.3. The molecule has 0 aliphatic heterocycles. The Labute approximate surface area is 80.4 Å². The Morgan fingerprint density at radius 2 is 2.08 bits per heavy atom. The lowest BCUT2D eigenvalue weighted by Gasteiger charge is -2.04. The molecule has 0 aromatic heterocycles. The van der Waals surface area contributed by atoms with E-state index in [-0.39, 0.29) is 5.92 Å². The van der Waals surface area contributed by atoms with Crippen LogP contribution in [0.2, 0.25) is 0 Å². The van der Waals surface area contributed by atoms with Crippen LogP contribution in [0.4, 0.5) is 0 Å². The minimum absolute atomic E-state index is 0.236. The van der Waals surface area contributed by atoms with E-state index in [2.05, 4.69) is 17.0 Å². The Morgan fingerprint density at radius 3 is 2.54 bits per heavy atom. The summed E-state index contributed by atoms with van der Waals surface area (Å²) in [6.07, 6.45) is 0.754. The average molecular weight is 182 g/mol. The van der Waals surface area contributed by atoms with Gasteiger partial charge in [-0.2, -0.15) is 0 Å². The zero-order valence-corrected chi connectivity index (χ0v) is 8.83. The first kappa shape index (κ1) is 12.0. The van der Waals surface area contributed by atoms with Gasteiger partial charge in [0.25, 0.3) is 0 Å². The van der Waals surface area contributed by atoms with Gasteiger partial charge >= 0.3 is 0 Å². The van der Waals surface area contributed by atoms with Gasteiger partial charge in [-0.3, -0.25) is 4.90 Å². The van der Waals surface area contributed by atoms with Crippen LogP contribution in [0.25, 0.3) is 0 Å². The minimum Gasteiger partial charge on any atom is -0.411 e. The molecule has 0 aromatic carbocycles. The molecular weight excluding hydrogens is 164 g/mol. The molecule has 0 aliphatic rings. The van der Waals surface area contributed by atoms with Gasteiger partial charge in [-0.15, -0.1) is 5.92 Å². The van der Waals surface area contributed by atoms with Crippen LogP contribution in [0, 0.1) is 17.8 Å². The van der Waals surface area contributed by atoms with Crippen molar-refractivity contribution in [3.8, 4) is 11.8 Å². The third-order valence-electron chi connectivity index (χ3n) is 1.80. The standard InChI is InChI=1S/C10H18N2O/c1-9(10(2)11-13)7-5-6-8-12(3)4/h9,13H,7-8H2,1-4H3/b11-10+. The summed E-state index contributed by atoms with van der Waals surface area (Å²) in [5.74, 6) is 6.32. The van der Waals surface area contributed by atoms with E-state index in [9.17, 15) is 0 Å². The fraction of sp³-hybridized carbons (Fsp3) is 0.700. The van der Waals surface area contributed by atoms with Gasteiger partial charge < -0.3 is 5.21 Å². The van der Waals surface area contributed by atoms with Crippen molar-refractivity contribution in [2.45, 2.75) is 20.3 Å². The van der Waals surface area contributed by atoms with Crippen molar-refractivity contribution in [3.63, 3.8) is 0 Å². The van der Waals surface area contributed by atoms with E-state index in [1.165, 1.54) is 0 Å². The molecule has 3 heteroatoms. The van der Waals surface area contributed by atoms with Crippen molar-refractivity contribution in [3.05, 3.63) is 0 Å². The topological polar surface area (TPSA) is 35.8 Å². The van der Waals surface area contributed by atoms with Crippen LogP contribution in [-0.2, 0) is 0 Å². The number of hydrogen-bond acceptors (Lipinski definition) is 3. The second-order valence-electron chi connectivity index (χ2n) is 3.44. The molecule has 1 atom stereocenters. The lowest BCUT2D eigenvalue weighted by atomic mass is 10.0. The van der Waals surface area contributed by atoms with Crippen LogP contribution in [0.15, 0.2) is 5.16 Å². The van der Waals surface area contributed by atoms with Gasteiger partial charge in [0.05, 0.1) is 12.3 Å². The highest BCUT2D eigenvalue weighted by Gasteiger charge is 2.02. The monoisotopic (exact) mass is 182 g/mol. The summed E-state index contributed by atoms with van der Waals surface area (Å²) in [6, 6.07) is 0. The molecule has 0 saturated carbocycles. The van der Waals surface area contributed by atoms with Crippen LogP contribution in [0.5, 0.6) is 0 Å². The molecule has 74 valence electrons. The highest BCUT2D eigenvalue weighted by atomic mass is 16.4. The second kappa shape index (κ2) is 6.50. The fourth-order valence-corrected chi connectivity index (χ4v) is 0.686. The Balaban J connectivity index is 3.79. The number of hydrogen-bond donors (Lipinski definition) is 1. The van der Waals surface area contributed by atoms with Crippen LogP contribution in [0.1, 0.15) is 20.3 Å². The number of nitrogens with zero attached hydrogens (tertiary/aromatic N) is 2. The van der Waals surface area contributed by atoms with Crippen molar-refractivity contribution in [2.75, 3.05) is 20.6 Å². The molecule has 0 aromatic rings. The molecule has 0 radical (unpaired) electrons. The van der Waals surface area contributed by atoms with Gasteiger partial charge in [0, 0.05) is 12.3 Å². The second-order valence-corrected chi connectivity index (χ2v) is 3.44. The van der Waals surface area contributed by atoms with Crippen LogP contribution in [0.3, 0.4) is 0 Å². The van der Waals surface area contributed by atoms with Crippen molar-refractivity contribution in [2.24, 2.45) is 11.1 Å². The van der Waals surface area contributed by atoms with Crippen LogP contribution >= 0.6 is 0 Å². The zero-order valence-electron chi connectivity index (χ0n) is 8.83. The average Bonchev–Trinajstić information content (AvgIpc) is 2.10. The summed E-state index contributed by atoms with van der Waals surface area (Å²) in [5.41, 5.74) is 0.735. The summed E-state index contributed by atoms with van der Waals surface area (Å²) < 4.78 is 0. The molecule has 0 spiro atoms. The van der Waals surface area contributed by atoms with E-state index in [0.29, 0.717) is 0 Å². The van der Waals surface area contributed by atoms with E-state index in [1.54, 1.807) is 6.92 Å². The largest absolute Gasteiger partial charge is 0.411 e. The van der Waals surface area contributed by atoms with Crippen LogP contribution in [-0.4, -0.2) is 36.5 Å². The lowest BCUT2D eigenvalue weighted by molar-refractivity contribution is 0.315. The van der Waals surface area contributed by atoms with E-state index >= 15 is 0 Å². The Kier molecular flexibility index (Phi) is 5.99. The maximum atomic E-state index is 8.48. The maximum absolute atomic E-state index is 8.48. The Bertz CT molecular complexity index is 223. The van der Waals surface area contributed by atoms with Crippen molar-refractivity contribution < 1.29 is 5.21 Å². The fourth-order valence-electron chi connectivity index (χ4n) is 0.686. The first-order valence-electron chi connectivity index (χ1n) is 4.37. The molecule has 0 heterocycles. The summed E-state index contributed by atoms with van der Waals surface area (Å²) in [4.78, 5) is 2.02. The quantitative estimate of drug-likeness (QED) is 0.310. The molecule has 0 bridgehead atoms. The van der Waals surface area contributed by atoms with E-state index in [1.807, 2.05) is 25.9 Å². The molecule has 0 rings (SSSR count). The predicted molar refractivity (Wildman–Crippen MR) is 55.0 cm³/mol. The summed E-state index contributed by atoms with van der Waals surface area (Å²) >= 11 is 0. The first-order chi connectivity index (χ1) is 6.07. The molecular formula is C10H18N2O. The molecule has 1 unspecified atom stereocenters. The molecule has 0 fully saturated rings. The van der Waals surface area contributed by atoms with Gasteiger partial charge in [0.1, 0.15) is 0 Å². The SMILES string of the molecule is C/C(=N\O)C(C)CC#CCN(C)C. The van der Waals surface area contributed by atoms with Crippen LogP contribution < -0.4 is 0 Å². The molecule has 13 heavy (non-hydrogen) atoms. The van der Waals surface area contributed by atoms with E-state index in [0.717, 1.165) is 18.7 Å². The highest BCUT2D eigenvalue weighted by molar-refractivity contribution is 5.83. The maximum Gasteiger partial charge on any atom is 0.0596 e. The Hall–Kier alpha value is -1.01. The van der Waals surface area contributed by atoms with Crippen molar-refractivity contribution in [1.29, 1.82) is 0 Å². The van der Waals surface area contributed by atoms with Gasteiger partial charge in [0.2, 0.25) is 0 Å². The molecule has 0 aliphatic carbocycles. The summed E-state index contributed by atoms with van der Waals surface area (Å²) in [6.45, 7) is 4.58. The molecule has 1 N–H and O–H groups in total. The van der Waals surface area contributed by atoms with Crippen molar-refractivity contribution >= 4 is 5.71 Å². The first-order valence-corrected chi connectivity index (χ1v) is 4.37. The normalized spacial score (nSPS) is 13.8. The van der Waals surface area contributed by atoms with Gasteiger partial charge in [0.15, 0.2) is 0 Å². The number of rotatable bonds is 3. The highest BCUT2D eigenvalue weighted by Crippen LogP contribution is 2.02. The predicted octanol–water partition coefficient (Wildman–Crippen LogP) is 1.43. The molecule has 0 saturated heterocycles. The van der Waals surface area contributed by atoms with Gasteiger partial charge in [-0.25, -0.2) is 0 Å². The Morgan fingerprint density at radius 1 is 1.46 bits per heavy atom. The van der Waals surface area contributed by atoms with Gasteiger partial charge in [-0.1, -0.05) is 18.0 Å². The summed E-state index contributed by atoms with van der Waals surface area (Å²) in [7, 11) is 3.97. The molecule has 3 nitrogen and oxygen atoms in total. The molecule has 0 amide bonds.